The predicted octanol–water partition coefficient (Wildman–Crippen LogP) is -0.190. The molecule has 4 atom stereocenters. The van der Waals surface area contributed by atoms with Gasteiger partial charge in [0.15, 0.2) is 0 Å². The van der Waals surface area contributed by atoms with Crippen LogP contribution in [-0.2, 0) is 25.6 Å². The molecular formula is C23H37N5O5S. The number of carbonyl (C=O) groups excluding carboxylic acids is 3. The molecule has 1 rings (SSSR count). The maximum Gasteiger partial charge on any atom is 0.326 e. The number of nitrogens with two attached hydrogens (primary N) is 2. The summed E-state index contributed by atoms with van der Waals surface area (Å²) in [4.78, 5) is 49.7. The van der Waals surface area contributed by atoms with Gasteiger partial charge in [0.25, 0.3) is 0 Å². The molecule has 11 heteroatoms. The highest BCUT2D eigenvalue weighted by atomic mass is 32.1. The highest BCUT2D eigenvalue weighted by Crippen LogP contribution is 2.07. The fourth-order valence-electron chi connectivity index (χ4n) is 3.21. The number of carboxylic acid groups (broad SMARTS) is 1. The average molecular weight is 496 g/mol. The van der Waals surface area contributed by atoms with Crippen LogP contribution in [0.15, 0.2) is 30.3 Å². The minimum atomic E-state index is -1.20. The summed E-state index contributed by atoms with van der Waals surface area (Å²) < 4.78 is 0. The number of rotatable bonds is 15. The van der Waals surface area contributed by atoms with Crippen molar-refractivity contribution < 1.29 is 24.3 Å². The van der Waals surface area contributed by atoms with Crippen LogP contribution in [0.25, 0.3) is 0 Å². The van der Waals surface area contributed by atoms with E-state index in [4.69, 9.17) is 11.5 Å². The number of carboxylic acids is 1. The van der Waals surface area contributed by atoms with Crippen LogP contribution in [0, 0.1) is 5.92 Å². The molecule has 0 saturated carbocycles. The minimum Gasteiger partial charge on any atom is -0.480 e. The van der Waals surface area contributed by atoms with Crippen LogP contribution in [0.1, 0.15) is 38.7 Å². The van der Waals surface area contributed by atoms with Crippen molar-refractivity contribution in [3.8, 4) is 0 Å². The van der Waals surface area contributed by atoms with E-state index in [0.29, 0.717) is 19.4 Å². The molecule has 190 valence electrons. The number of hydrogen-bond acceptors (Lipinski definition) is 7. The molecule has 0 aromatic heterocycles. The molecule has 4 unspecified atom stereocenters. The van der Waals surface area contributed by atoms with Crippen LogP contribution in [-0.4, -0.2) is 65.3 Å². The summed E-state index contributed by atoms with van der Waals surface area (Å²) >= 11 is 4.13. The number of thiol groups is 1. The van der Waals surface area contributed by atoms with Gasteiger partial charge >= 0.3 is 5.97 Å². The SMILES string of the molecule is CC(C)C(NC(=O)C(N)CCCCN)C(=O)NC(CS)C(=O)NC(Cc1ccccc1)C(=O)O. The van der Waals surface area contributed by atoms with E-state index in [9.17, 15) is 24.3 Å². The molecule has 10 nitrogen and oxygen atoms in total. The molecule has 1 aromatic rings. The molecule has 1 aromatic carbocycles. The fraction of sp³-hybridized carbons (Fsp3) is 0.565. The van der Waals surface area contributed by atoms with E-state index in [-0.39, 0.29) is 18.1 Å². The Balaban J connectivity index is 2.78. The van der Waals surface area contributed by atoms with Gasteiger partial charge in [-0.1, -0.05) is 50.6 Å². The second-order valence-corrected chi connectivity index (χ2v) is 8.82. The minimum absolute atomic E-state index is 0.0629. The lowest BCUT2D eigenvalue weighted by molar-refractivity contribution is -0.142. The normalized spacial score (nSPS) is 14.5. The number of benzene rings is 1. The zero-order valence-corrected chi connectivity index (χ0v) is 20.6. The molecule has 34 heavy (non-hydrogen) atoms. The largest absolute Gasteiger partial charge is 0.480 e. The van der Waals surface area contributed by atoms with E-state index in [0.717, 1.165) is 12.0 Å². The zero-order chi connectivity index (χ0) is 25.7. The number of unbranched alkanes of at least 4 members (excludes halogenated alkanes) is 1. The molecular weight excluding hydrogens is 458 g/mol. The topological polar surface area (TPSA) is 177 Å². The monoisotopic (exact) mass is 495 g/mol. The number of amides is 3. The van der Waals surface area contributed by atoms with Gasteiger partial charge in [-0.05, 0) is 30.9 Å². The third-order valence-corrected chi connectivity index (χ3v) is 5.63. The Morgan fingerprint density at radius 3 is 2.09 bits per heavy atom. The lowest BCUT2D eigenvalue weighted by Gasteiger charge is -2.26. The molecule has 0 saturated heterocycles. The van der Waals surface area contributed by atoms with Crippen molar-refractivity contribution in [1.82, 2.24) is 16.0 Å². The quantitative estimate of drug-likeness (QED) is 0.130. The second-order valence-electron chi connectivity index (χ2n) is 8.45. The van der Waals surface area contributed by atoms with Crippen LogP contribution < -0.4 is 27.4 Å². The molecule has 0 heterocycles. The molecule has 0 aliphatic heterocycles. The molecule has 0 bridgehead atoms. The van der Waals surface area contributed by atoms with Gasteiger partial charge in [-0.2, -0.15) is 12.6 Å². The van der Waals surface area contributed by atoms with Crippen molar-refractivity contribution in [2.45, 2.75) is 63.7 Å². The Labute approximate surface area is 206 Å². The molecule has 3 amide bonds. The Hall–Kier alpha value is -2.63. The first kappa shape index (κ1) is 29.4. The maximum atomic E-state index is 12.9. The predicted molar refractivity (Wildman–Crippen MR) is 133 cm³/mol. The van der Waals surface area contributed by atoms with Gasteiger partial charge < -0.3 is 32.5 Å². The summed E-state index contributed by atoms with van der Waals surface area (Å²) in [5.74, 6) is -3.27. The van der Waals surface area contributed by atoms with Gasteiger partial charge in [0, 0.05) is 12.2 Å². The second kappa shape index (κ2) is 15.3. The van der Waals surface area contributed by atoms with Crippen LogP contribution in [0.3, 0.4) is 0 Å². The van der Waals surface area contributed by atoms with Crippen molar-refractivity contribution in [2.24, 2.45) is 17.4 Å². The average Bonchev–Trinajstić information content (AvgIpc) is 2.80. The van der Waals surface area contributed by atoms with Gasteiger partial charge in [-0.15, -0.1) is 0 Å². The Bertz CT molecular complexity index is 808. The van der Waals surface area contributed by atoms with E-state index in [2.05, 4.69) is 28.6 Å². The van der Waals surface area contributed by atoms with Crippen molar-refractivity contribution in [2.75, 3.05) is 12.3 Å². The summed E-state index contributed by atoms with van der Waals surface area (Å²) in [6.07, 6.45) is 1.96. The van der Waals surface area contributed by atoms with E-state index >= 15 is 0 Å². The smallest absolute Gasteiger partial charge is 0.326 e. The Morgan fingerprint density at radius 1 is 0.941 bits per heavy atom. The summed E-state index contributed by atoms with van der Waals surface area (Å²) in [5, 5.41) is 17.2. The lowest BCUT2D eigenvalue weighted by Crippen LogP contribution is -2.59. The van der Waals surface area contributed by atoms with Crippen molar-refractivity contribution in [3.63, 3.8) is 0 Å². The van der Waals surface area contributed by atoms with Crippen LogP contribution in [0.4, 0.5) is 0 Å². The van der Waals surface area contributed by atoms with E-state index in [1.165, 1.54) is 0 Å². The standard InChI is InChI=1S/C23H37N5O5S/c1-14(2)19(28-20(29)16(25)10-6-7-11-24)22(31)27-18(13-34)21(30)26-17(23(32)33)12-15-8-4-3-5-9-15/h3-5,8-9,14,16-19,34H,6-7,10-13,24-25H2,1-2H3,(H,26,30)(H,27,31)(H,28,29)(H,32,33). The first-order valence-electron chi connectivity index (χ1n) is 11.3. The summed E-state index contributed by atoms with van der Waals surface area (Å²) in [7, 11) is 0. The first-order chi connectivity index (χ1) is 16.1. The van der Waals surface area contributed by atoms with Crippen LogP contribution in [0.2, 0.25) is 0 Å². The number of hydrogen-bond donors (Lipinski definition) is 7. The lowest BCUT2D eigenvalue weighted by atomic mass is 10.0. The molecule has 0 fully saturated rings. The van der Waals surface area contributed by atoms with E-state index in [1.54, 1.807) is 44.2 Å². The summed E-state index contributed by atoms with van der Waals surface area (Å²) in [6.45, 7) is 4.01. The van der Waals surface area contributed by atoms with Crippen molar-refractivity contribution in [3.05, 3.63) is 35.9 Å². The number of nitrogens with one attached hydrogen (secondary N) is 3. The molecule has 0 radical (unpaired) electrons. The van der Waals surface area contributed by atoms with E-state index < -0.39 is 47.9 Å². The highest BCUT2D eigenvalue weighted by molar-refractivity contribution is 7.80. The Morgan fingerprint density at radius 2 is 1.56 bits per heavy atom. The molecule has 0 aliphatic carbocycles. The van der Waals surface area contributed by atoms with Gasteiger partial charge in [0.2, 0.25) is 17.7 Å². The van der Waals surface area contributed by atoms with Gasteiger partial charge in [-0.25, -0.2) is 4.79 Å². The molecule has 0 aliphatic rings. The fourth-order valence-corrected chi connectivity index (χ4v) is 3.47. The van der Waals surface area contributed by atoms with Gasteiger partial charge in [0.05, 0.1) is 6.04 Å². The molecule has 8 N–H and O–H groups in total. The Kier molecular flexibility index (Phi) is 13.2. The third-order valence-electron chi connectivity index (χ3n) is 5.27. The number of aliphatic carboxylic acids is 1. The van der Waals surface area contributed by atoms with Crippen LogP contribution in [0.5, 0.6) is 0 Å². The van der Waals surface area contributed by atoms with Crippen molar-refractivity contribution >= 4 is 36.3 Å². The number of carbonyl (C=O) groups is 4. The molecule has 0 spiro atoms. The van der Waals surface area contributed by atoms with Crippen LogP contribution >= 0.6 is 12.6 Å². The maximum absolute atomic E-state index is 12.9. The van der Waals surface area contributed by atoms with Gasteiger partial charge in [-0.3, -0.25) is 14.4 Å². The van der Waals surface area contributed by atoms with Gasteiger partial charge in [0.1, 0.15) is 18.1 Å². The first-order valence-corrected chi connectivity index (χ1v) is 12.0. The van der Waals surface area contributed by atoms with Crippen molar-refractivity contribution in [1.29, 1.82) is 0 Å². The highest BCUT2D eigenvalue weighted by Gasteiger charge is 2.31. The summed E-state index contributed by atoms with van der Waals surface area (Å²) in [5.41, 5.74) is 12.1. The summed E-state index contributed by atoms with van der Waals surface area (Å²) in [6, 6.07) is 4.90. The van der Waals surface area contributed by atoms with E-state index in [1.807, 2.05) is 0 Å². The third kappa shape index (κ3) is 10.1. The zero-order valence-electron chi connectivity index (χ0n) is 19.7.